The van der Waals surface area contributed by atoms with Crippen LogP contribution in [0.2, 0.25) is 0 Å². The maximum Gasteiger partial charge on any atom is 0.337 e. The van der Waals surface area contributed by atoms with Crippen molar-refractivity contribution < 1.29 is 24.1 Å². The number of aryl methyl sites for hydroxylation is 1. The Hall–Kier alpha value is -2.80. The van der Waals surface area contributed by atoms with Crippen LogP contribution in [0.4, 0.5) is 5.69 Å². The molecule has 0 unspecified atom stereocenters. The number of pyridine rings is 1. The minimum atomic E-state index is -1.16. The van der Waals surface area contributed by atoms with Gasteiger partial charge in [-0.15, -0.1) is 0 Å². The fourth-order valence-corrected chi connectivity index (χ4v) is 4.48. The SMILES string of the molecule is COc1cccc(-c2cnc(C)c([C@H](OC(C)(C)C)C(=O)O)c2N2CCC(C)(C)CC2)c1OC. The summed E-state index contributed by atoms with van der Waals surface area (Å²) in [4.78, 5) is 19.4. The predicted octanol–water partition coefficient (Wildman–Crippen LogP) is 5.64. The van der Waals surface area contributed by atoms with Gasteiger partial charge in [-0.1, -0.05) is 26.0 Å². The van der Waals surface area contributed by atoms with Gasteiger partial charge < -0.3 is 24.2 Å². The van der Waals surface area contributed by atoms with E-state index in [0.29, 0.717) is 22.8 Å². The molecule has 1 aliphatic rings. The van der Waals surface area contributed by atoms with E-state index in [4.69, 9.17) is 14.2 Å². The number of aliphatic carboxylic acids is 1. The van der Waals surface area contributed by atoms with Crippen molar-refractivity contribution >= 4 is 11.7 Å². The van der Waals surface area contributed by atoms with E-state index in [2.05, 4.69) is 23.7 Å². The molecule has 0 radical (unpaired) electrons. The van der Waals surface area contributed by atoms with E-state index in [0.717, 1.165) is 42.7 Å². The van der Waals surface area contributed by atoms with Crippen LogP contribution in [-0.2, 0) is 9.53 Å². The molecule has 0 bridgehead atoms. The average molecular weight is 471 g/mol. The summed E-state index contributed by atoms with van der Waals surface area (Å²) in [5, 5.41) is 10.2. The molecule has 0 amide bonds. The Balaban J connectivity index is 2.32. The summed E-state index contributed by atoms with van der Waals surface area (Å²) in [5.74, 6) is 0.158. The van der Waals surface area contributed by atoms with Crippen molar-refractivity contribution in [1.29, 1.82) is 0 Å². The normalized spacial score (nSPS) is 16.8. The van der Waals surface area contributed by atoms with E-state index in [1.807, 2.05) is 45.9 Å². The number of aromatic nitrogens is 1. The highest BCUT2D eigenvalue weighted by Gasteiger charge is 2.36. The molecule has 7 heteroatoms. The molecule has 186 valence electrons. The van der Waals surface area contributed by atoms with E-state index in [9.17, 15) is 9.90 Å². The Labute approximate surface area is 203 Å². The first-order valence-electron chi connectivity index (χ1n) is 11.7. The smallest absolute Gasteiger partial charge is 0.337 e. The second-order valence-corrected chi connectivity index (χ2v) is 10.7. The maximum absolute atomic E-state index is 12.5. The molecule has 2 heterocycles. The molecule has 0 aliphatic carbocycles. The Morgan fingerprint density at radius 3 is 2.29 bits per heavy atom. The van der Waals surface area contributed by atoms with Gasteiger partial charge in [0.1, 0.15) is 0 Å². The molecule has 2 aromatic rings. The summed E-state index contributed by atoms with van der Waals surface area (Å²) in [5.41, 5.74) is 3.26. The molecular weight excluding hydrogens is 432 g/mol. The van der Waals surface area contributed by atoms with Crippen LogP contribution < -0.4 is 14.4 Å². The van der Waals surface area contributed by atoms with Gasteiger partial charge in [-0.3, -0.25) is 4.98 Å². The Bertz CT molecular complexity index is 1030. The molecule has 3 rings (SSSR count). The minimum absolute atomic E-state index is 0.237. The van der Waals surface area contributed by atoms with Crippen LogP contribution >= 0.6 is 0 Å². The molecular formula is C27H38N2O5. The molecule has 0 saturated carbocycles. The number of hydrogen-bond acceptors (Lipinski definition) is 6. The van der Waals surface area contributed by atoms with Crippen LogP contribution in [0.1, 0.15) is 64.8 Å². The number of para-hydroxylation sites is 1. The number of methoxy groups -OCH3 is 2. The molecule has 1 fully saturated rings. The molecule has 7 nitrogen and oxygen atoms in total. The van der Waals surface area contributed by atoms with Gasteiger partial charge in [0.05, 0.1) is 25.5 Å². The average Bonchev–Trinajstić information content (AvgIpc) is 2.76. The van der Waals surface area contributed by atoms with Gasteiger partial charge in [0, 0.05) is 41.7 Å². The fourth-order valence-electron chi connectivity index (χ4n) is 4.48. The van der Waals surface area contributed by atoms with Gasteiger partial charge in [0.25, 0.3) is 0 Å². The number of carbonyl (C=O) groups is 1. The molecule has 1 atom stereocenters. The van der Waals surface area contributed by atoms with E-state index in [1.54, 1.807) is 20.4 Å². The molecule has 1 saturated heterocycles. The van der Waals surface area contributed by atoms with Crippen LogP contribution in [-0.4, -0.2) is 49.0 Å². The number of carboxylic acid groups (broad SMARTS) is 1. The lowest BCUT2D eigenvalue weighted by molar-refractivity contribution is -0.160. The lowest BCUT2D eigenvalue weighted by atomic mass is 9.82. The number of nitrogens with zero attached hydrogens (tertiary/aromatic N) is 2. The highest BCUT2D eigenvalue weighted by molar-refractivity contribution is 5.89. The molecule has 0 spiro atoms. The van der Waals surface area contributed by atoms with Crippen LogP contribution in [0, 0.1) is 12.3 Å². The van der Waals surface area contributed by atoms with Crippen molar-refractivity contribution in [3.63, 3.8) is 0 Å². The van der Waals surface area contributed by atoms with E-state index in [1.165, 1.54) is 0 Å². The summed E-state index contributed by atoms with van der Waals surface area (Å²) >= 11 is 0. The van der Waals surface area contributed by atoms with Crippen molar-refractivity contribution in [3.8, 4) is 22.6 Å². The first kappa shape index (κ1) is 25.8. The summed E-state index contributed by atoms with van der Waals surface area (Å²) in [7, 11) is 3.21. The number of rotatable bonds is 7. The third kappa shape index (κ3) is 5.46. The number of hydrogen-bond donors (Lipinski definition) is 1. The van der Waals surface area contributed by atoms with Gasteiger partial charge in [0.2, 0.25) is 0 Å². The number of piperidine rings is 1. The third-order valence-electron chi connectivity index (χ3n) is 6.37. The largest absolute Gasteiger partial charge is 0.493 e. The van der Waals surface area contributed by atoms with E-state index in [-0.39, 0.29) is 5.41 Å². The van der Waals surface area contributed by atoms with Gasteiger partial charge >= 0.3 is 5.97 Å². The van der Waals surface area contributed by atoms with Crippen molar-refractivity contribution in [2.75, 3.05) is 32.2 Å². The summed E-state index contributed by atoms with van der Waals surface area (Å²) in [6, 6.07) is 5.70. The topological polar surface area (TPSA) is 81.1 Å². The minimum Gasteiger partial charge on any atom is -0.493 e. The third-order valence-corrected chi connectivity index (χ3v) is 6.37. The van der Waals surface area contributed by atoms with E-state index < -0.39 is 17.7 Å². The fraction of sp³-hybridized carbons (Fsp3) is 0.556. The highest BCUT2D eigenvalue weighted by Crippen LogP contribution is 2.47. The predicted molar refractivity (Wildman–Crippen MR) is 134 cm³/mol. The quantitative estimate of drug-likeness (QED) is 0.561. The summed E-state index contributed by atoms with van der Waals surface area (Å²) in [6.45, 7) is 13.6. The monoisotopic (exact) mass is 470 g/mol. The van der Waals surface area contributed by atoms with Gasteiger partial charge in [-0.25, -0.2) is 4.79 Å². The zero-order valence-electron chi connectivity index (χ0n) is 21.7. The van der Waals surface area contributed by atoms with E-state index >= 15 is 0 Å². The van der Waals surface area contributed by atoms with Crippen molar-refractivity contribution in [2.24, 2.45) is 5.41 Å². The zero-order valence-corrected chi connectivity index (χ0v) is 21.7. The summed E-state index contributed by atoms with van der Waals surface area (Å²) in [6.07, 6.45) is 2.65. The number of carboxylic acids is 1. The Kier molecular flexibility index (Phi) is 7.46. The van der Waals surface area contributed by atoms with Crippen molar-refractivity contribution in [1.82, 2.24) is 4.98 Å². The molecule has 1 aromatic heterocycles. The zero-order chi connectivity index (χ0) is 25.3. The van der Waals surface area contributed by atoms with Crippen molar-refractivity contribution in [2.45, 2.75) is 66.1 Å². The van der Waals surface area contributed by atoms with Crippen molar-refractivity contribution in [3.05, 3.63) is 35.7 Å². The molecule has 34 heavy (non-hydrogen) atoms. The van der Waals surface area contributed by atoms with Crippen LogP contribution in [0.15, 0.2) is 24.4 Å². The summed E-state index contributed by atoms with van der Waals surface area (Å²) < 4.78 is 17.4. The van der Waals surface area contributed by atoms with Gasteiger partial charge in [0.15, 0.2) is 17.6 Å². The number of anilines is 1. The lowest BCUT2D eigenvalue weighted by Gasteiger charge is -2.41. The standard InChI is InChI=1S/C27H38N2O5/c1-17-21(24(25(30)31)34-26(2,3)4)22(29-14-12-27(5,6)13-15-29)19(16-28-17)18-10-9-11-20(32-7)23(18)33-8/h9-11,16,24H,12-15H2,1-8H3,(H,30,31)/t24-/m0/s1. The van der Waals surface area contributed by atoms with Crippen LogP contribution in [0.3, 0.4) is 0 Å². The molecule has 1 aromatic carbocycles. The number of ether oxygens (including phenoxy) is 3. The highest BCUT2D eigenvalue weighted by atomic mass is 16.5. The second-order valence-electron chi connectivity index (χ2n) is 10.7. The van der Waals surface area contributed by atoms with Crippen LogP contribution in [0.25, 0.3) is 11.1 Å². The van der Waals surface area contributed by atoms with Crippen LogP contribution in [0.5, 0.6) is 11.5 Å². The Morgan fingerprint density at radius 1 is 1.12 bits per heavy atom. The number of benzene rings is 1. The first-order chi connectivity index (χ1) is 15.9. The van der Waals surface area contributed by atoms with Gasteiger partial charge in [-0.2, -0.15) is 0 Å². The molecule has 1 aliphatic heterocycles. The molecule has 1 N–H and O–H groups in total. The van der Waals surface area contributed by atoms with Gasteiger partial charge in [-0.05, 0) is 52.0 Å². The Morgan fingerprint density at radius 2 is 1.76 bits per heavy atom. The maximum atomic E-state index is 12.5. The lowest BCUT2D eigenvalue weighted by Crippen LogP contribution is -2.39. The second kappa shape index (κ2) is 9.82. The first-order valence-corrected chi connectivity index (χ1v) is 11.7.